The Kier molecular flexibility index (Phi) is 15.4. The van der Waals surface area contributed by atoms with Gasteiger partial charge in [0, 0.05) is 6.54 Å². The minimum absolute atomic E-state index is 0.0514. The summed E-state index contributed by atoms with van der Waals surface area (Å²) in [5.74, 6) is -5.35. The van der Waals surface area contributed by atoms with Gasteiger partial charge in [-0.15, -0.1) is 0 Å². The number of nitrogens with two attached hydrogens (primary N) is 4. The van der Waals surface area contributed by atoms with E-state index in [9.17, 15) is 29.1 Å². The lowest BCUT2D eigenvalue weighted by atomic mass is 10.0. The first-order valence-corrected chi connectivity index (χ1v) is 11.7. The van der Waals surface area contributed by atoms with Crippen molar-refractivity contribution in [1.29, 1.82) is 0 Å². The average Bonchev–Trinajstić information content (AvgIpc) is 2.77. The van der Waals surface area contributed by atoms with Crippen molar-refractivity contribution in [3.8, 4) is 0 Å². The molecule has 0 aromatic carbocycles. The summed E-state index contributed by atoms with van der Waals surface area (Å²) in [4.78, 5) is 64.3. The first-order valence-electron chi connectivity index (χ1n) is 11.7. The minimum atomic E-state index is -1.37. The van der Waals surface area contributed by atoms with Gasteiger partial charge < -0.3 is 49.1 Å². The average molecular weight is 517 g/mol. The van der Waals surface area contributed by atoms with Crippen molar-refractivity contribution in [2.45, 2.75) is 76.5 Å². The summed E-state index contributed by atoms with van der Waals surface area (Å²) >= 11 is 0. The summed E-state index contributed by atoms with van der Waals surface area (Å²) in [5.41, 5.74) is 21.5. The SMILES string of the molecule is CC(C)C(NC(=O)C(CCCCN)NC(=O)C(N)CC(=O)O)C(=O)NC(CCCN=C(N)N)C(=O)O. The Balaban J connectivity index is 5.40. The fourth-order valence-electron chi connectivity index (χ4n) is 3.13. The Labute approximate surface area is 209 Å². The Bertz CT molecular complexity index is 786. The van der Waals surface area contributed by atoms with E-state index in [2.05, 4.69) is 20.9 Å². The number of carboxylic acids is 2. The van der Waals surface area contributed by atoms with Gasteiger partial charge in [0.25, 0.3) is 0 Å². The number of hydrogen-bond acceptors (Lipinski definition) is 8. The molecule has 0 spiro atoms. The van der Waals surface area contributed by atoms with Crippen LogP contribution >= 0.6 is 0 Å². The molecule has 3 amide bonds. The number of carbonyl (C=O) groups is 5. The van der Waals surface area contributed by atoms with Crippen LogP contribution < -0.4 is 38.9 Å². The third kappa shape index (κ3) is 13.4. The summed E-state index contributed by atoms with van der Waals surface area (Å²) in [5, 5.41) is 25.7. The van der Waals surface area contributed by atoms with Gasteiger partial charge in [-0.3, -0.25) is 24.2 Å². The van der Waals surface area contributed by atoms with E-state index >= 15 is 0 Å². The lowest BCUT2D eigenvalue weighted by Gasteiger charge is -2.27. The molecule has 0 aromatic heterocycles. The molecule has 13 N–H and O–H groups in total. The number of carbonyl (C=O) groups excluding carboxylic acids is 3. The monoisotopic (exact) mass is 516 g/mol. The molecule has 15 heteroatoms. The molecule has 0 aliphatic rings. The summed E-state index contributed by atoms with van der Waals surface area (Å²) in [6.07, 6.45) is 0.923. The number of rotatable bonds is 18. The molecule has 0 saturated carbocycles. The van der Waals surface area contributed by atoms with Gasteiger partial charge in [0.15, 0.2) is 5.96 Å². The van der Waals surface area contributed by atoms with Crippen molar-refractivity contribution in [2.75, 3.05) is 13.1 Å². The zero-order chi connectivity index (χ0) is 27.8. The number of aliphatic carboxylic acids is 2. The maximum Gasteiger partial charge on any atom is 0.326 e. The van der Waals surface area contributed by atoms with Crippen molar-refractivity contribution in [3.63, 3.8) is 0 Å². The zero-order valence-electron chi connectivity index (χ0n) is 20.7. The molecule has 15 nitrogen and oxygen atoms in total. The molecule has 0 saturated heterocycles. The van der Waals surface area contributed by atoms with Gasteiger partial charge in [0.1, 0.15) is 18.1 Å². The molecular formula is C21H40N8O7. The summed E-state index contributed by atoms with van der Waals surface area (Å²) in [6.45, 7) is 3.85. The highest BCUT2D eigenvalue weighted by Gasteiger charge is 2.31. The highest BCUT2D eigenvalue weighted by Crippen LogP contribution is 2.08. The molecule has 4 unspecified atom stereocenters. The molecule has 0 heterocycles. The van der Waals surface area contributed by atoms with E-state index in [1.807, 2.05) is 0 Å². The van der Waals surface area contributed by atoms with Gasteiger partial charge in [-0.1, -0.05) is 13.8 Å². The second kappa shape index (κ2) is 17.0. The maximum absolute atomic E-state index is 13.0. The molecule has 4 atom stereocenters. The van der Waals surface area contributed by atoms with E-state index in [1.54, 1.807) is 13.8 Å². The highest BCUT2D eigenvalue weighted by molar-refractivity contribution is 5.94. The largest absolute Gasteiger partial charge is 0.481 e. The van der Waals surface area contributed by atoms with E-state index in [1.165, 1.54) is 0 Å². The molecule has 0 aliphatic carbocycles. The standard InChI is InChI=1S/C21H40N8O7/c1-11(2)16(19(34)28-14(20(35)36)7-5-9-26-21(24)25)29-18(33)13(6-3-4-8-22)27-17(32)12(23)10-15(30)31/h11-14,16H,3-10,22-23H2,1-2H3,(H,27,32)(H,28,34)(H,29,33)(H,30,31)(H,35,36)(H4,24,25,26). The predicted molar refractivity (Wildman–Crippen MR) is 131 cm³/mol. The van der Waals surface area contributed by atoms with Crippen LogP contribution in [0.1, 0.15) is 52.4 Å². The van der Waals surface area contributed by atoms with Gasteiger partial charge in [-0.05, 0) is 44.6 Å². The van der Waals surface area contributed by atoms with E-state index < -0.39 is 66.2 Å². The Morgan fingerprint density at radius 3 is 1.92 bits per heavy atom. The first kappa shape index (κ1) is 32.5. The Hall–Kier alpha value is -3.46. The van der Waals surface area contributed by atoms with Crippen LogP contribution in [0.25, 0.3) is 0 Å². The van der Waals surface area contributed by atoms with Crippen LogP contribution in [0.3, 0.4) is 0 Å². The van der Waals surface area contributed by atoms with Crippen LogP contribution in [-0.2, 0) is 24.0 Å². The first-order chi connectivity index (χ1) is 16.8. The van der Waals surface area contributed by atoms with Crippen LogP contribution in [0.2, 0.25) is 0 Å². The molecular weight excluding hydrogens is 476 g/mol. The van der Waals surface area contributed by atoms with Crippen molar-refractivity contribution >= 4 is 35.6 Å². The highest BCUT2D eigenvalue weighted by atomic mass is 16.4. The van der Waals surface area contributed by atoms with Gasteiger partial charge in [-0.25, -0.2) is 4.79 Å². The third-order valence-electron chi connectivity index (χ3n) is 5.12. The maximum atomic E-state index is 13.0. The quantitative estimate of drug-likeness (QED) is 0.0508. The molecule has 0 bridgehead atoms. The van der Waals surface area contributed by atoms with Gasteiger partial charge in [0.2, 0.25) is 17.7 Å². The lowest BCUT2D eigenvalue weighted by Crippen LogP contribution is -2.58. The number of nitrogens with one attached hydrogen (secondary N) is 3. The Morgan fingerprint density at radius 1 is 0.833 bits per heavy atom. The lowest BCUT2D eigenvalue weighted by molar-refractivity contribution is -0.142. The normalized spacial score (nSPS) is 14.1. The summed E-state index contributed by atoms with van der Waals surface area (Å²) in [7, 11) is 0. The topological polar surface area (TPSA) is 278 Å². The predicted octanol–water partition coefficient (Wildman–Crippen LogP) is -2.83. The van der Waals surface area contributed by atoms with Crippen LogP contribution in [0.4, 0.5) is 0 Å². The number of carboxylic acid groups (broad SMARTS) is 2. The fraction of sp³-hybridized carbons (Fsp3) is 0.714. The number of amides is 3. The number of hydrogen-bond donors (Lipinski definition) is 9. The van der Waals surface area contributed by atoms with Crippen molar-refractivity contribution in [1.82, 2.24) is 16.0 Å². The van der Waals surface area contributed by atoms with E-state index in [0.29, 0.717) is 25.8 Å². The minimum Gasteiger partial charge on any atom is -0.481 e. The molecule has 0 aliphatic heterocycles. The zero-order valence-corrected chi connectivity index (χ0v) is 20.7. The number of nitrogens with zero attached hydrogens (tertiary/aromatic N) is 1. The molecule has 0 fully saturated rings. The second-order valence-corrected chi connectivity index (χ2v) is 8.63. The smallest absolute Gasteiger partial charge is 0.326 e. The Morgan fingerprint density at radius 2 is 1.42 bits per heavy atom. The van der Waals surface area contributed by atoms with Crippen LogP contribution in [0, 0.1) is 5.92 Å². The number of guanidine groups is 1. The van der Waals surface area contributed by atoms with Crippen molar-refractivity contribution in [3.05, 3.63) is 0 Å². The second-order valence-electron chi connectivity index (χ2n) is 8.63. The van der Waals surface area contributed by atoms with E-state index in [4.69, 9.17) is 28.0 Å². The van der Waals surface area contributed by atoms with Gasteiger partial charge in [0.05, 0.1) is 12.5 Å². The van der Waals surface area contributed by atoms with Crippen molar-refractivity contribution < 1.29 is 34.2 Å². The molecule has 0 aromatic rings. The van der Waals surface area contributed by atoms with Gasteiger partial charge in [-0.2, -0.15) is 0 Å². The summed E-state index contributed by atoms with van der Waals surface area (Å²) < 4.78 is 0. The molecule has 206 valence electrons. The van der Waals surface area contributed by atoms with Crippen molar-refractivity contribution in [2.24, 2.45) is 33.8 Å². The van der Waals surface area contributed by atoms with E-state index in [0.717, 1.165) is 0 Å². The van der Waals surface area contributed by atoms with Crippen LogP contribution in [0.15, 0.2) is 4.99 Å². The molecule has 0 radical (unpaired) electrons. The van der Waals surface area contributed by atoms with Crippen LogP contribution in [-0.4, -0.2) is 83.1 Å². The fourth-order valence-corrected chi connectivity index (χ4v) is 3.13. The number of aliphatic imine (C=N–C) groups is 1. The van der Waals surface area contributed by atoms with E-state index in [-0.39, 0.29) is 25.3 Å². The molecule has 0 rings (SSSR count). The van der Waals surface area contributed by atoms with Crippen LogP contribution in [0.5, 0.6) is 0 Å². The molecule has 36 heavy (non-hydrogen) atoms. The third-order valence-corrected chi connectivity index (χ3v) is 5.12. The van der Waals surface area contributed by atoms with Gasteiger partial charge >= 0.3 is 11.9 Å². The summed E-state index contributed by atoms with van der Waals surface area (Å²) in [6, 6.07) is -4.82. The number of unbranched alkanes of at least 4 members (excludes halogenated alkanes) is 1.